The average Bonchev–Trinajstić information content (AvgIpc) is 2.93. The van der Waals surface area contributed by atoms with Crippen molar-refractivity contribution in [2.75, 3.05) is 6.54 Å². The van der Waals surface area contributed by atoms with Gasteiger partial charge in [0, 0.05) is 31.5 Å². The number of amides is 2. The predicted molar refractivity (Wildman–Crippen MR) is 78.3 cm³/mol. The first-order valence-corrected chi connectivity index (χ1v) is 6.88. The van der Waals surface area contributed by atoms with Gasteiger partial charge in [-0.3, -0.25) is 0 Å². The van der Waals surface area contributed by atoms with Crippen molar-refractivity contribution in [2.24, 2.45) is 0 Å². The van der Waals surface area contributed by atoms with Crippen molar-refractivity contribution in [1.29, 1.82) is 0 Å². The summed E-state index contributed by atoms with van der Waals surface area (Å²) in [5, 5.41) is 5.55. The van der Waals surface area contributed by atoms with Gasteiger partial charge in [-0.25, -0.2) is 14.2 Å². The first kappa shape index (κ1) is 15.0. The molecule has 1 aromatic carbocycles. The van der Waals surface area contributed by atoms with Crippen LogP contribution in [0.25, 0.3) is 0 Å². The minimum Gasteiger partial charge on any atom is -0.338 e. The third-order valence-electron chi connectivity index (χ3n) is 3.06. The summed E-state index contributed by atoms with van der Waals surface area (Å²) in [4.78, 5) is 15.7. The van der Waals surface area contributed by atoms with Crippen molar-refractivity contribution in [1.82, 2.24) is 20.2 Å². The van der Waals surface area contributed by atoms with Crippen LogP contribution in [0.1, 0.15) is 12.5 Å². The Balaban J connectivity index is 1.69. The van der Waals surface area contributed by atoms with E-state index in [-0.39, 0.29) is 17.9 Å². The second-order valence-corrected chi connectivity index (χ2v) is 4.90. The third kappa shape index (κ3) is 4.91. The van der Waals surface area contributed by atoms with Crippen LogP contribution in [0, 0.1) is 5.82 Å². The number of hydrogen-bond acceptors (Lipinski definition) is 2. The molecular formula is C15H19FN4O. The minimum atomic E-state index is -0.251. The SMILES string of the molecule is CC(Cn1ccnc1)NC(=O)NCCc1ccccc1F. The zero-order valence-electron chi connectivity index (χ0n) is 11.9. The Morgan fingerprint density at radius 1 is 1.43 bits per heavy atom. The smallest absolute Gasteiger partial charge is 0.315 e. The molecule has 1 heterocycles. The van der Waals surface area contributed by atoms with Crippen LogP contribution < -0.4 is 10.6 Å². The maximum Gasteiger partial charge on any atom is 0.315 e. The van der Waals surface area contributed by atoms with Crippen LogP contribution in [0.3, 0.4) is 0 Å². The molecule has 0 saturated carbocycles. The van der Waals surface area contributed by atoms with E-state index >= 15 is 0 Å². The summed E-state index contributed by atoms with van der Waals surface area (Å²) in [5.74, 6) is -0.242. The summed E-state index contributed by atoms with van der Waals surface area (Å²) < 4.78 is 15.3. The van der Waals surface area contributed by atoms with Gasteiger partial charge >= 0.3 is 6.03 Å². The molecule has 5 nitrogen and oxygen atoms in total. The molecular weight excluding hydrogens is 271 g/mol. The largest absolute Gasteiger partial charge is 0.338 e. The van der Waals surface area contributed by atoms with Gasteiger partial charge in [0.25, 0.3) is 0 Å². The van der Waals surface area contributed by atoms with E-state index in [9.17, 15) is 9.18 Å². The molecule has 0 aliphatic carbocycles. The number of urea groups is 1. The average molecular weight is 290 g/mol. The molecule has 0 aliphatic heterocycles. The van der Waals surface area contributed by atoms with Crippen LogP contribution in [0.15, 0.2) is 43.0 Å². The Labute approximate surface area is 123 Å². The first-order valence-electron chi connectivity index (χ1n) is 6.88. The highest BCUT2D eigenvalue weighted by molar-refractivity contribution is 5.74. The van der Waals surface area contributed by atoms with E-state index in [1.54, 1.807) is 30.7 Å². The van der Waals surface area contributed by atoms with Crippen LogP contribution in [0.2, 0.25) is 0 Å². The van der Waals surface area contributed by atoms with Crippen molar-refractivity contribution in [3.63, 3.8) is 0 Å². The number of aromatic nitrogens is 2. The van der Waals surface area contributed by atoms with E-state index in [4.69, 9.17) is 0 Å². The molecule has 0 spiro atoms. The van der Waals surface area contributed by atoms with Gasteiger partial charge in [0.05, 0.1) is 6.33 Å². The fourth-order valence-corrected chi connectivity index (χ4v) is 2.04. The lowest BCUT2D eigenvalue weighted by Gasteiger charge is -2.15. The Morgan fingerprint density at radius 3 is 2.95 bits per heavy atom. The highest BCUT2D eigenvalue weighted by Crippen LogP contribution is 2.06. The minimum absolute atomic E-state index is 0.0207. The van der Waals surface area contributed by atoms with Gasteiger partial charge in [0.2, 0.25) is 0 Å². The van der Waals surface area contributed by atoms with Gasteiger partial charge in [0.1, 0.15) is 5.82 Å². The quantitative estimate of drug-likeness (QED) is 0.854. The molecule has 1 atom stereocenters. The molecule has 0 bridgehead atoms. The summed E-state index contributed by atoms with van der Waals surface area (Å²) in [6, 6.07) is 6.30. The molecule has 2 amide bonds. The normalized spacial score (nSPS) is 11.9. The van der Waals surface area contributed by atoms with Crippen LogP contribution in [-0.2, 0) is 13.0 Å². The lowest BCUT2D eigenvalue weighted by atomic mass is 10.1. The Morgan fingerprint density at radius 2 is 2.24 bits per heavy atom. The van der Waals surface area contributed by atoms with E-state index in [1.807, 2.05) is 17.7 Å². The molecule has 1 unspecified atom stereocenters. The zero-order chi connectivity index (χ0) is 15.1. The molecule has 2 N–H and O–H groups in total. The van der Waals surface area contributed by atoms with E-state index in [0.29, 0.717) is 25.1 Å². The second kappa shape index (κ2) is 7.42. The van der Waals surface area contributed by atoms with Crippen LogP contribution in [0.5, 0.6) is 0 Å². The van der Waals surface area contributed by atoms with Crippen molar-refractivity contribution in [3.8, 4) is 0 Å². The predicted octanol–water partition coefficient (Wildman–Crippen LogP) is 1.95. The number of rotatable bonds is 6. The van der Waals surface area contributed by atoms with E-state index in [0.717, 1.165) is 0 Å². The standard InChI is InChI=1S/C15H19FN4O/c1-12(10-20-9-8-17-11-20)19-15(21)18-7-6-13-4-2-3-5-14(13)16/h2-5,8-9,11-12H,6-7,10H2,1H3,(H2,18,19,21). The topological polar surface area (TPSA) is 59.0 Å². The summed E-state index contributed by atoms with van der Waals surface area (Å²) in [6.07, 6.45) is 5.71. The number of imidazole rings is 1. The fourth-order valence-electron chi connectivity index (χ4n) is 2.04. The monoisotopic (exact) mass is 290 g/mol. The number of halogens is 1. The van der Waals surface area contributed by atoms with E-state index in [2.05, 4.69) is 15.6 Å². The van der Waals surface area contributed by atoms with Gasteiger partial charge in [-0.05, 0) is 25.0 Å². The number of carbonyl (C=O) groups excluding carboxylic acids is 1. The molecule has 0 radical (unpaired) electrons. The second-order valence-electron chi connectivity index (χ2n) is 4.90. The first-order chi connectivity index (χ1) is 10.1. The van der Waals surface area contributed by atoms with Crippen LogP contribution in [0.4, 0.5) is 9.18 Å². The number of carbonyl (C=O) groups is 1. The molecule has 2 rings (SSSR count). The summed E-state index contributed by atoms with van der Waals surface area (Å²) >= 11 is 0. The lowest BCUT2D eigenvalue weighted by molar-refractivity contribution is 0.236. The summed E-state index contributed by atoms with van der Waals surface area (Å²) in [6.45, 7) is 2.96. The molecule has 112 valence electrons. The molecule has 21 heavy (non-hydrogen) atoms. The maximum atomic E-state index is 13.4. The maximum absolute atomic E-state index is 13.4. The molecule has 6 heteroatoms. The van der Waals surface area contributed by atoms with Gasteiger partial charge < -0.3 is 15.2 Å². The third-order valence-corrected chi connectivity index (χ3v) is 3.06. The van der Waals surface area contributed by atoms with Gasteiger partial charge in [0.15, 0.2) is 0 Å². The number of benzene rings is 1. The molecule has 2 aromatic rings. The van der Waals surface area contributed by atoms with Crippen molar-refractivity contribution < 1.29 is 9.18 Å². The fraction of sp³-hybridized carbons (Fsp3) is 0.333. The van der Waals surface area contributed by atoms with Crippen molar-refractivity contribution >= 4 is 6.03 Å². The molecule has 0 fully saturated rings. The van der Waals surface area contributed by atoms with Crippen molar-refractivity contribution in [3.05, 3.63) is 54.4 Å². The summed E-state index contributed by atoms with van der Waals surface area (Å²) in [7, 11) is 0. The summed E-state index contributed by atoms with van der Waals surface area (Å²) in [5.41, 5.74) is 0.601. The Hall–Kier alpha value is -2.37. The van der Waals surface area contributed by atoms with E-state index in [1.165, 1.54) is 6.07 Å². The Bertz CT molecular complexity index is 571. The van der Waals surface area contributed by atoms with Crippen LogP contribution in [-0.4, -0.2) is 28.2 Å². The highest BCUT2D eigenvalue weighted by atomic mass is 19.1. The molecule has 0 aliphatic rings. The number of nitrogens with zero attached hydrogens (tertiary/aromatic N) is 2. The van der Waals surface area contributed by atoms with E-state index < -0.39 is 0 Å². The van der Waals surface area contributed by atoms with Gasteiger partial charge in [-0.2, -0.15) is 0 Å². The zero-order valence-corrected chi connectivity index (χ0v) is 11.9. The molecule has 1 aromatic heterocycles. The number of hydrogen-bond donors (Lipinski definition) is 2. The van der Waals surface area contributed by atoms with Gasteiger partial charge in [-0.1, -0.05) is 18.2 Å². The van der Waals surface area contributed by atoms with Crippen LogP contribution >= 0.6 is 0 Å². The number of nitrogens with one attached hydrogen (secondary N) is 2. The van der Waals surface area contributed by atoms with Crippen molar-refractivity contribution in [2.45, 2.75) is 25.9 Å². The Kier molecular flexibility index (Phi) is 5.31. The highest BCUT2D eigenvalue weighted by Gasteiger charge is 2.07. The lowest BCUT2D eigenvalue weighted by Crippen LogP contribution is -2.43. The molecule has 0 saturated heterocycles. The van der Waals surface area contributed by atoms with Gasteiger partial charge in [-0.15, -0.1) is 0 Å².